The van der Waals surface area contributed by atoms with Crippen molar-refractivity contribution in [1.29, 1.82) is 0 Å². The first kappa shape index (κ1) is 12.9. The van der Waals surface area contributed by atoms with Crippen LogP contribution in [-0.2, 0) is 4.74 Å². The van der Waals surface area contributed by atoms with Gasteiger partial charge in [-0.2, -0.15) is 0 Å². The van der Waals surface area contributed by atoms with Gasteiger partial charge in [0.1, 0.15) is 11.6 Å². The van der Waals surface area contributed by atoms with Crippen molar-refractivity contribution >= 4 is 12.0 Å². The number of benzene rings is 1. The molecule has 1 aliphatic heterocycles. The van der Waals surface area contributed by atoms with Crippen molar-refractivity contribution in [3.8, 4) is 11.3 Å². The number of nitrogens with zero attached hydrogens (tertiary/aromatic N) is 1. The number of rotatable bonds is 3. The Morgan fingerprint density at radius 3 is 2.65 bits per heavy atom. The Balaban J connectivity index is 2.06. The van der Waals surface area contributed by atoms with Crippen molar-refractivity contribution in [3.63, 3.8) is 0 Å². The van der Waals surface area contributed by atoms with Crippen LogP contribution in [0, 0.1) is 5.82 Å². The number of aldehydes is 1. The van der Waals surface area contributed by atoms with Crippen LogP contribution >= 0.6 is 0 Å². The molecule has 104 valence electrons. The normalized spacial score (nSPS) is 15.3. The smallest absolute Gasteiger partial charge is 0.185 e. The molecular formula is C15H14FNO3. The van der Waals surface area contributed by atoms with E-state index in [9.17, 15) is 9.18 Å². The Bertz CT molecular complexity index is 617. The fourth-order valence-corrected chi connectivity index (χ4v) is 2.37. The summed E-state index contributed by atoms with van der Waals surface area (Å²) in [4.78, 5) is 12.8. The summed E-state index contributed by atoms with van der Waals surface area (Å²) in [6.45, 7) is 2.65. The third-order valence-corrected chi connectivity index (χ3v) is 3.33. The molecule has 0 atom stereocenters. The summed E-state index contributed by atoms with van der Waals surface area (Å²) in [7, 11) is 0. The maximum absolute atomic E-state index is 14.2. The first-order chi connectivity index (χ1) is 9.79. The topological polar surface area (TPSA) is 42.7 Å². The average Bonchev–Trinajstić information content (AvgIpc) is 2.96. The zero-order chi connectivity index (χ0) is 13.9. The summed E-state index contributed by atoms with van der Waals surface area (Å²) < 4.78 is 24.9. The fourth-order valence-electron chi connectivity index (χ4n) is 2.37. The summed E-state index contributed by atoms with van der Waals surface area (Å²) in [6, 6.07) is 8.08. The third-order valence-electron chi connectivity index (χ3n) is 3.33. The number of anilines is 1. The van der Waals surface area contributed by atoms with E-state index in [1.165, 1.54) is 12.1 Å². The summed E-state index contributed by atoms with van der Waals surface area (Å²) >= 11 is 0. The number of hydrogen-bond donors (Lipinski definition) is 0. The van der Waals surface area contributed by atoms with E-state index in [1.54, 1.807) is 12.1 Å². The molecule has 1 saturated heterocycles. The predicted molar refractivity (Wildman–Crippen MR) is 72.5 cm³/mol. The van der Waals surface area contributed by atoms with E-state index in [4.69, 9.17) is 9.15 Å². The van der Waals surface area contributed by atoms with Gasteiger partial charge in [-0.3, -0.25) is 4.79 Å². The molecule has 3 rings (SSSR count). The van der Waals surface area contributed by atoms with E-state index < -0.39 is 0 Å². The van der Waals surface area contributed by atoms with Gasteiger partial charge in [-0.25, -0.2) is 4.39 Å². The lowest BCUT2D eigenvalue weighted by Gasteiger charge is -2.30. The van der Waals surface area contributed by atoms with Gasteiger partial charge in [-0.05, 0) is 24.3 Å². The van der Waals surface area contributed by atoms with Gasteiger partial charge in [0.25, 0.3) is 0 Å². The van der Waals surface area contributed by atoms with Gasteiger partial charge in [0.05, 0.1) is 24.5 Å². The van der Waals surface area contributed by atoms with Gasteiger partial charge in [-0.1, -0.05) is 6.07 Å². The van der Waals surface area contributed by atoms with Gasteiger partial charge >= 0.3 is 0 Å². The first-order valence-electron chi connectivity index (χ1n) is 6.46. The van der Waals surface area contributed by atoms with Crippen molar-refractivity contribution < 1.29 is 18.3 Å². The van der Waals surface area contributed by atoms with E-state index in [1.807, 2.05) is 6.07 Å². The molecule has 1 fully saturated rings. The van der Waals surface area contributed by atoms with Gasteiger partial charge < -0.3 is 14.1 Å². The zero-order valence-corrected chi connectivity index (χ0v) is 10.8. The molecule has 0 N–H and O–H groups in total. The lowest BCUT2D eigenvalue weighted by molar-refractivity contribution is 0.110. The number of furan rings is 1. The molecule has 0 saturated carbocycles. The lowest BCUT2D eigenvalue weighted by atomic mass is 10.1. The Hall–Kier alpha value is -2.14. The highest BCUT2D eigenvalue weighted by Gasteiger charge is 2.20. The van der Waals surface area contributed by atoms with Crippen molar-refractivity contribution in [1.82, 2.24) is 0 Å². The molecule has 2 heterocycles. The molecule has 0 radical (unpaired) electrons. The largest absolute Gasteiger partial charge is 0.453 e. The van der Waals surface area contributed by atoms with Crippen molar-refractivity contribution in [2.45, 2.75) is 0 Å². The zero-order valence-electron chi connectivity index (χ0n) is 10.8. The maximum Gasteiger partial charge on any atom is 0.185 e. The van der Waals surface area contributed by atoms with Crippen LogP contribution in [0.5, 0.6) is 0 Å². The highest BCUT2D eigenvalue weighted by molar-refractivity contribution is 5.79. The maximum atomic E-state index is 14.2. The summed E-state index contributed by atoms with van der Waals surface area (Å²) in [5, 5.41) is 0. The summed E-state index contributed by atoms with van der Waals surface area (Å²) in [5.41, 5.74) is 1.16. The van der Waals surface area contributed by atoms with E-state index in [-0.39, 0.29) is 11.6 Å². The highest BCUT2D eigenvalue weighted by atomic mass is 19.1. The highest BCUT2D eigenvalue weighted by Crippen LogP contribution is 2.34. The Morgan fingerprint density at radius 2 is 1.95 bits per heavy atom. The molecule has 0 unspecified atom stereocenters. The van der Waals surface area contributed by atoms with E-state index in [0.29, 0.717) is 43.9 Å². The monoisotopic (exact) mass is 275 g/mol. The average molecular weight is 275 g/mol. The SMILES string of the molecule is O=Cc1ccc(-c2c(F)cccc2N2CCOCC2)o1. The molecule has 1 aliphatic rings. The molecule has 1 aromatic heterocycles. The van der Waals surface area contributed by atoms with Crippen LogP contribution in [0.4, 0.5) is 10.1 Å². The van der Waals surface area contributed by atoms with Gasteiger partial charge in [-0.15, -0.1) is 0 Å². The standard InChI is InChI=1S/C15H14FNO3/c16-12-2-1-3-13(17-6-8-19-9-7-17)15(12)14-5-4-11(10-18)20-14/h1-5,10H,6-9H2. The second-order valence-electron chi connectivity index (χ2n) is 4.55. The first-order valence-corrected chi connectivity index (χ1v) is 6.46. The van der Waals surface area contributed by atoms with Crippen molar-refractivity contribution in [2.24, 2.45) is 0 Å². The minimum absolute atomic E-state index is 0.191. The molecule has 0 aliphatic carbocycles. The number of halogens is 1. The van der Waals surface area contributed by atoms with Crippen molar-refractivity contribution in [2.75, 3.05) is 31.2 Å². The quantitative estimate of drug-likeness (QED) is 0.808. The Morgan fingerprint density at radius 1 is 1.15 bits per heavy atom. The molecule has 0 bridgehead atoms. The molecule has 5 heteroatoms. The van der Waals surface area contributed by atoms with Crippen LogP contribution in [0.25, 0.3) is 11.3 Å². The molecule has 4 nitrogen and oxygen atoms in total. The van der Waals surface area contributed by atoms with Crippen LogP contribution in [0.2, 0.25) is 0 Å². The second kappa shape index (κ2) is 5.46. The number of morpholine rings is 1. The van der Waals surface area contributed by atoms with Crippen LogP contribution in [-0.4, -0.2) is 32.6 Å². The second-order valence-corrected chi connectivity index (χ2v) is 4.55. The van der Waals surface area contributed by atoms with Gasteiger partial charge in [0.15, 0.2) is 12.0 Å². The minimum Gasteiger partial charge on any atom is -0.453 e. The van der Waals surface area contributed by atoms with Crippen molar-refractivity contribution in [3.05, 3.63) is 41.9 Å². The van der Waals surface area contributed by atoms with E-state index >= 15 is 0 Å². The fraction of sp³-hybridized carbons (Fsp3) is 0.267. The molecule has 1 aromatic carbocycles. The molecule has 20 heavy (non-hydrogen) atoms. The Labute approximate surface area is 115 Å². The van der Waals surface area contributed by atoms with E-state index in [0.717, 1.165) is 5.69 Å². The molecular weight excluding hydrogens is 261 g/mol. The van der Waals surface area contributed by atoms with Crippen LogP contribution < -0.4 is 4.90 Å². The number of carbonyl (C=O) groups excluding carboxylic acids is 1. The summed E-state index contributed by atoms with van der Waals surface area (Å²) in [6.07, 6.45) is 0.610. The van der Waals surface area contributed by atoms with Crippen LogP contribution in [0.15, 0.2) is 34.7 Å². The predicted octanol–water partition coefficient (Wildman–Crippen LogP) is 2.73. The number of carbonyl (C=O) groups is 1. The third kappa shape index (κ3) is 2.32. The van der Waals surface area contributed by atoms with Gasteiger partial charge in [0.2, 0.25) is 0 Å². The minimum atomic E-state index is -0.360. The van der Waals surface area contributed by atoms with Crippen LogP contribution in [0.1, 0.15) is 10.6 Å². The lowest BCUT2D eigenvalue weighted by Crippen LogP contribution is -2.36. The molecule has 2 aromatic rings. The van der Waals surface area contributed by atoms with E-state index in [2.05, 4.69) is 4.90 Å². The Kier molecular flexibility index (Phi) is 3.52. The molecule has 0 amide bonds. The number of ether oxygens (including phenoxy) is 1. The van der Waals surface area contributed by atoms with Gasteiger partial charge in [0, 0.05) is 13.1 Å². The van der Waals surface area contributed by atoms with Crippen LogP contribution in [0.3, 0.4) is 0 Å². The molecule has 0 spiro atoms. The number of hydrogen-bond acceptors (Lipinski definition) is 4. The summed E-state index contributed by atoms with van der Waals surface area (Å²) in [5.74, 6) is 0.198.